The molecule has 1 rings (SSSR count). The van der Waals surface area contributed by atoms with Crippen LogP contribution in [-0.2, 0) is 6.18 Å². The fourth-order valence-electron chi connectivity index (χ4n) is 1.20. The van der Waals surface area contributed by atoms with Crippen LogP contribution in [0.4, 0.5) is 18.9 Å². The van der Waals surface area contributed by atoms with Gasteiger partial charge in [0.1, 0.15) is 0 Å². The molecule has 0 heterocycles. The number of nitrogens with two attached hydrogens (primary N) is 1. The zero-order valence-corrected chi connectivity index (χ0v) is 9.91. The molecule has 1 aromatic rings. The van der Waals surface area contributed by atoms with Crippen LogP contribution in [0.5, 0.6) is 0 Å². The standard InChI is InChI=1S/C12H11ClF3N/c1-2-3-4-5-8-6-9(12(14,15)16)10(13)7-11(8)17/h6-7H,2-3,17H2,1H3. The van der Waals surface area contributed by atoms with Gasteiger partial charge in [0.05, 0.1) is 10.6 Å². The first-order chi connectivity index (χ1) is 7.86. The van der Waals surface area contributed by atoms with Crippen molar-refractivity contribution < 1.29 is 13.2 Å². The van der Waals surface area contributed by atoms with Gasteiger partial charge in [0.15, 0.2) is 0 Å². The summed E-state index contributed by atoms with van der Waals surface area (Å²) in [4.78, 5) is 0. The van der Waals surface area contributed by atoms with Gasteiger partial charge in [-0.25, -0.2) is 0 Å². The van der Waals surface area contributed by atoms with Gasteiger partial charge in [-0.2, -0.15) is 13.2 Å². The number of anilines is 1. The fraction of sp³-hybridized carbons (Fsp3) is 0.333. The normalized spacial score (nSPS) is 10.9. The van der Waals surface area contributed by atoms with Crippen molar-refractivity contribution in [1.82, 2.24) is 0 Å². The van der Waals surface area contributed by atoms with Crippen LogP contribution < -0.4 is 5.73 Å². The Balaban J connectivity index is 3.21. The summed E-state index contributed by atoms with van der Waals surface area (Å²) in [6.45, 7) is 1.93. The first-order valence-electron chi connectivity index (χ1n) is 5.01. The average Bonchev–Trinajstić information content (AvgIpc) is 2.19. The third-order valence-corrected chi connectivity index (χ3v) is 2.36. The molecule has 5 heteroatoms. The monoisotopic (exact) mass is 261 g/mol. The van der Waals surface area contributed by atoms with E-state index in [2.05, 4.69) is 11.8 Å². The van der Waals surface area contributed by atoms with Gasteiger partial charge in [-0.05, 0) is 18.6 Å². The minimum absolute atomic E-state index is 0.159. The highest BCUT2D eigenvalue weighted by atomic mass is 35.5. The maximum atomic E-state index is 12.6. The summed E-state index contributed by atoms with van der Waals surface area (Å²) in [6, 6.07) is 1.97. The number of hydrogen-bond acceptors (Lipinski definition) is 1. The summed E-state index contributed by atoms with van der Waals surface area (Å²) in [5, 5.41) is -0.406. The van der Waals surface area contributed by atoms with Gasteiger partial charge in [0, 0.05) is 17.7 Å². The quantitative estimate of drug-likeness (QED) is 0.598. The van der Waals surface area contributed by atoms with Crippen molar-refractivity contribution in [2.75, 3.05) is 5.73 Å². The Morgan fingerprint density at radius 1 is 1.35 bits per heavy atom. The molecule has 0 aliphatic carbocycles. The Morgan fingerprint density at radius 3 is 2.53 bits per heavy atom. The molecule has 0 aliphatic heterocycles. The van der Waals surface area contributed by atoms with Crippen molar-refractivity contribution >= 4 is 17.3 Å². The van der Waals surface area contributed by atoms with E-state index in [1.54, 1.807) is 0 Å². The second-order valence-corrected chi connectivity index (χ2v) is 3.88. The van der Waals surface area contributed by atoms with Crippen molar-refractivity contribution in [2.24, 2.45) is 0 Å². The maximum Gasteiger partial charge on any atom is 0.417 e. The molecule has 0 amide bonds. The van der Waals surface area contributed by atoms with Crippen LogP contribution in [0.3, 0.4) is 0 Å². The highest BCUT2D eigenvalue weighted by Gasteiger charge is 2.33. The summed E-state index contributed by atoms with van der Waals surface area (Å²) in [7, 11) is 0. The lowest BCUT2D eigenvalue weighted by molar-refractivity contribution is -0.137. The lowest BCUT2D eigenvalue weighted by atomic mass is 10.1. The number of rotatable bonds is 1. The van der Waals surface area contributed by atoms with Gasteiger partial charge in [-0.3, -0.25) is 0 Å². The zero-order chi connectivity index (χ0) is 13.1. The molecule has 17 heavy (non-hydrogen) atoms. The van der Waals surface area contributed by atoms with Crippen molar-refractivity contribution in [2.45, 2.75) is 25.9 Å². The van der Waals surface area contributed by atoms with E-state index < -0.39 is 16.8 Å². The summed E-state index contributed by atoms with van der Waals surface area (Å²) in [5.41, 5.74) is 4.97. The molecule has 0 aromatic heterocycles. The minimum atomic E-state index is -4.49. The van der Waals surface area contributed by atoms with E-state index in [9.17, 15) is 13.2 Å². The number of unbranched alkanes of at least 4 members (excludes halogenated alkanes) is 1. The number of halogens is 4. The van der Waals surface area contributed by atoms with Gasteiger partial charge < -0.3 is 5.73 Å². The van der Waals surface area contributed by atoms with E-state index in [1.807, 2.05) is 6.92 Å². The second kappa shape index (κ2) is 5.33. The van der Waals surface area contributed by atoms with Gasteiger partial charge >= 0.3 is 6.18 Å². The number of benzene rings is 1. The SMILES string of the molecule is CCCC#Cc1cc(C(F)(F)F)c(Cl)cc1N. The number of nitrogen functional groups attached to an aromatic ring is 1. The molecule has 0 atom stereocenters. The van der Waals surface area contributed by atoms with Crippen LogP contribution in [0.15, 0.2) is 12.1 Å². The van der Waals surface area contributed by atoms with E-state index in [4.69, 9.17) is 17.3 Å². The smallest absolute Gasteiger partial charge is 0.398 e. The Morgan fingerprint density at radius 2 is 2.00 bits per heavy atom. The summed E-state index contributed by atoms with van der Waals surface area (Å²) < 4.78 is 37.7. The Labute approximate surface area is 103 Å². The third-order valence-electron chi connectivity index (χ3n) is 2.04. The Kier molecular flexibility index (Phi) is 4.30. The van der Waals surface area contributed by atoms with Crippen LogP contribution in [-0.4, -0.2) is 0 Å². The molecule has 0 fully saturated rings. The van der Waals surface area contributed by atoms with E-state index in [0.29, 0.717) is 6.42 Å². The van der Waals surface area contributed by atoms with E-state index in [1.165, 1.54) is 0 Å². The average molecular weight is 262 g/mol. The van der Waals surface area contributed by atoms with Crippen LogP contribution in [0.1, 0.15) is 30.9 Å². The number of hydrogen-bond donors (Lipinski definition) is 1. The molecule has 0 unspecified atom stereocenters. The molecule has 0 radical (unpaired) electrons. The molecule has 0 spiro atoms. The molecular formula is C12H11ClF3N. The van der Waals surface area contributed by atoms with Gasteiger partial charge in [0.25, 0.3) is 0 Å². The lowest BCUT2D eigenvalue weighted by Crippen LogP contribution is -2.07. The molecule has 0 aliphatic rings. The van der Waals surface area contributed by atoms with E-state index in [0.717, 1.165) is 18.6 Å². The highest BCUT2D eigenvalue weighted by molar-refractivity contribution is 6.31. The summed E-state index contributed by atoms with van der Waals surface area (Å²) >= 11 is 5.50. The van der Waals surface area contributed by atoms with Crippen molar-refractivity contribution in [1.29, 1.82) is 0 Å². The summed E-state index contributed by atoms with van der Waals surface area (Å²) in [6.07, 6.45) is -3.04. The second-order valence-electron chi connectivity index (χ2n) is 3.47. The first kappa shape index (κ1) is 13.7. The van der Waals surface area contributed by atoms with Gasteiger partial charge in [0.2, 0.25) is 0 Å². The summed E-state index contributed by atoms with van der Waals surface area (Å²) in [5.74, 6) is 5.37. The molecule has 0 saturated heterocycles. The molecule has 1 nitrogen and oxygen atoms in total. The van der Waals surface area contributed by atoms with Crippen LogP contribution >= 0.6 is 11.6 Å². The largest absolute Gasteiger partial charge is 0.417 e. The van der Waals surface area contributed by atoms with Crippen LogP contribution in [0, 0.1) is 11.8 Å². The maximum absolute atomic E-state index is 12.6. The highest BCUT2D eigenvalue weighted by Crippen LogP contribution is 2.36. The predicted molar refractivity (Wildman–Crippen MR) is 62.7 cm³/mol. The molecule has 0 saturated carbocycles. The van der Waals surface area contributed by atoms with Crippen molar-refractivity contribution in [3.8, 4) is 11.8 Å². The third kappa shape index (κ3) is 3.57. The Hall–Kier alpha value is -1.34. The predicted octanol–water partition coefficient (Wildman–Crippen LogP) is 4.09. The topological polar surface area (TPSA) is 26.0 Å². The zero-order valence-electron chi connectivity index (χ0n) is 9.16. The molecule has 0 bridgehead atoms. The Bertz CT molecular complexity index is 469. The van der Waals surface area contributed by atoms with Gasteiger partial charge in [-0.15, -0.1) is 0 Å². The van der Waals surface area contributed by atoms with E-state index >= 15 is 0 Å². The fourth-order valence-corrected chi connectivity index (χ4v) is 1.48. The van der Waals surface area contributed by atoms with Crippen LogP contribution in [0.25, 0.3) is 0 Å². The number of alkyl halides is 3. The minimum Gasteiger partial charge on any atom is -0.398 e. The lowest BCUT2D eigenvalue weighted by Gasteiger charge is -2.10. The van der Waals surface area contributed by atoms with Crippen molar-refractivity contribution in [3.05, 3.63) is 28.3 Å². The first-order valence-corrected chi connectivity index (χ1v) is 5.39. The molecular weight excluding hydrogens is 251 g/mol. The van der Waals surface area contributed by atoms with Crippen LogP contribution in [0.2, 0.25) is 5.02 Å². The molecule has 2 N–H and O–H groups in total. The molecule has 92 valence electrons. The van der Waals surface area contributed by atoms with Crippen molar-refractivity contribution in [3.63, 3.8) is 0 Å². The van der Waals surface area contributed by atoms with Gasteiger partial charge in [-0.1, -0.05) is 30.4 Å². The molecule has 1 aromatic carbocycles. The van der Waals surface area contributed by atoms with E-state index in [-0.39, 0.29) is 11.3 Å².